The second-order valence-electron chi connectivity index (χ2n) is 4.85. The summed E-state index contributed by atoms with van der Waals surface area (Å²) in [7, 11) is 1.52. The van der Waals surface area contributed by atoms with Crippen LogP contribution in [0.5, 0.6) is 0 Å². The number of anilines is 1. The molecule has 8 heteroatoms. The van der Waals surface area contributed by atoms with E-state index in [-0.39, 0.29) is 23.9 Å². The highest BCUT2D eigenvalue weighted by molar-refractivity contribution is 7.80. The Bertz CT molecular complexity index is 619. The lowest BCUT2D eigenvalue weighted by molar-refractivity contribution is -0.144. The molecule has 2 amide bonds. The smallest absolute Gasteiger partial charge is 0.306 e. The highest BCUT2D eigenvalue weighted by Gasteiger charge is 2.12. The van der Waals surface area contributed by atoms with Crippen molar-refractivity contribution in [2.75, 3.05) is 19.0 Å². The summed E-state index contributed by atoms with van der Waals surface area (Å²) < 4.78 is 4.88. The fourth-order valence-corrected chi connectivity index (χ4v) is 1.99. The van der Waals surface area contributed by atoms with E-state index in [0.717, 1.165) is 6.42 Å². The summed E-state index contributed by atoms with van der Waals surface area (Å²) in [5, 5.41) is 7.85. The summed E-state index contributed by atoms with van der Waals surface area (Å²) in [5.74, 6) is -1.10. The second kappa shape index (κ2) is 10.3. The minimum Gasteiger partial charge on any atom is -0.466 e. The van der Waals surface area contributed by atoms with Gasteiger partial charge in [0.15, 0.2) is 5.11 Å². The molecule has 1 aromatic carbocycles. The van der Waals surface area contributed by atoms with E-state index in [1.54, 1.807) is 24.3 Å². The number of rotatable bonds is 7. The molecule has 24 heavy (non-hydrogen) atoms. The van der Waals surface area contributed by atoms with Gasteiger partial charge in [0, 0.05) is 13.5 Å². The van der Waals surface area contributed by atoms with E-state index in [1.165, 1.54) is 7.05 Å². The van der Waals surface area contributed by atoms with Gasteiger partial charge < -0.3 is 20.7 Å². The first-order valence-corrected chi connectivity index (χ1v) is 7.96. The van der Waals surface area contributed by atoms with Crippen LogP contribution in [-0.2, 0) is 14.3 Å². The molecule has 1 aromatic rings. The molecule has 1 rings (SSSR count). The molecular formula is C16H21N3O4S. The molecule has 0 fully saturated rings. The molecule has 7 nitrogen and oxygen atoms in total. The maximum absolute atomic E-state index is 11.8. The lowest BCUT2D eigenvalue weighted by Gasteiger charge is -2.12. The van der Waals surface area contributed by atoms with Crippen LogP contribution in [0, 0.1) is 0 Å². The molecule has 0 bridgehead atoms. The van der Waals surface area contributed by atoms with Crippen molar-refractivity contribution >= 4 is 40.8 Å². The van der Waals surface area contributed by atoms with Gasteiger partial charge in [-0.15, -0.1) is 0 Å². The van der Waals surface area contributed by atoms with Gasteiger partial charge in [-0.2, -0.15) is 0 Å². The highest BCUT2D eigenvalue weighted by Crippen LogP contribution is 2.14. The zero-order chi connectivity index (χ0) is 17.9. The predicted molar refractivity (Wildman–Crippen MR) is 94.7 cm³/mol. The molecule has 0 atom stereocenters. The van der Waals surface area contributed by atoms with Crippen molar-refractivity contribution in [3.8, 4) is 0 Å². The minimum absolute atomic E-state index is 0.0106. The number of hydrogen-bond donors (Lipinski definition) is 3. The van der Waals surface area contributed by atoms with Crippen molar-refractivity contribution < 1.29 is 19.1 Å². The van der Waals surface area contributed by atoms with Gasteiger partial charge in [0.2, 0.25) is 5.91 Å². The molecule has 0 spiro atoms. The standard InChI is InChI=1S/C16H21N3O4S/c1-3-10-23-14(21)9-8-13(20)19-16(24)18-12-7-5-4-6-11(12)15(22)17-2/h4-7H,3,8-10H2,1-2H3,(H,17,22)(H2,18,19,20,24). The number of nitrogens with one attached hydrogen (secondary N) is 3. The lowest BCUT2D eigenvalue weighted by Crippen LogP contribution is -2.35. The Balaban J connectivity index is 2.50. The summed E-state index contributed by atoms with van der Waals surface area (Å²) in [5.41, 5.74) is 0.879. The van der Waals surface area contributed by atoms with Crippen molar-refractivity contribution in [2.45, 2.75) is 26.2 Å². The highest BCUT2D eigenvalue weighted by atomic mass is 32.1. The monoisotopic (exact) mass is 351 g/mol. The van der Waals surface area contributed by atoms with Crippen molar-refractivity contribution in [3.05, 3.63) is 29.8 Å². The molecule has 0 aromatic heterocycles. The number of ether oxygens (including phenoxy) is 1. The van der Waals surface area contributed by atoms with E-state index in [4.69, 9.17) is 17.0 Å². The number of esters is 1. The van der Waals surface area contributed by atoms with E-state index in [1.807, 2.05) is 6.92 Å². The third kappa shape index (κ3) is 6.74. The second-order valence-corrected chi connectivity index (χ2v) is 5.26. The Labute approximate surface area is 146 Å². The van der Waals surface area contributed by atoms with Gasteiger partial charge in [-0.05, 0) is 30.8 Å². The fraction of sp³-hybridized carbons (Fsp3) is 0.375. The topological polar surface area (TPSA) is 96.5 Å². The zero-order valence-corrected chi connectivity index (χ0v) is 14.5. The first kappa shape index (κ1) is 19.6. The lowest BCUT2D eigenvalue weighted by atomic mass is 10.1. The van der Waals surface area contributed by atoms with E-state index >= 15 is 0 Å². The maximum Gasteiger partial charge on any atom is 0.306 e. The Kier molecular flexibility index (Phi) is 8.42. The first-order chi connectivity index (χ1) is 11.5. The largest absolute Gasteiger partial charge is 0.466 e. The summed E-state index contributed by atoms with van der Waals surface area (Å²) >= 11 is 5.05. The molecule has 0 aliphatic carbocycles. The van der Waals surface area contributed by atoms with Gasteiger partial charge in [-0.1, -0.05) is 19.1 Å². The van der Waals surface area contributed by atoms with Gasteiger partial charge in [0.1, 0.15) is 0 Å². The Morgan fingerprint density at radius 2 is 1.88 bits per heavy atom. The van der Waals surface area contributed by atoms with Crippen LogP contribution in [0.4, 0.5) is 5.69 Å². The predicted octanol–water partition coefficient (Wildman–Crippen LogP) is 1.59. The fourth-order valence-electron chi connectivity index (χ4n) is 1.77. The summed E-state index contributed by atoms with van der Waals surface area (Å²) in [6.07, 6.45) is 0.696. The molecule has 0 aliphatic rings. The first-order valence-electron chi connectivity index (χ1n) is 7.55. The average molecular weight is 351 g/mol. The van der Waals surface area contributed by atoms with Gasteiger partial charge in [0.05, 0.1) is 24.3 Å². The van der Waals surface area contributed by atoms with Crippen LogP contribution < -0.4 is 16.0 Å². The number of carbonyl (C=O) groups excluding carboxylic acids is 3. The number of amides is 2. The van der Waals surface area contributed by atoms with Crippen molar-refractivity contribution in [3.63, 3.8) is 0 Å². The molecule has 0 saturated carbocycles. The van der Waals surface area contributed by atoms with Gasteiger partial charge in [-0.3, -0.25) is 14.4 Å². The molecule has 0 heterocycles. The summed E-state index contributed by atoms with van der Waals surface area (Å²) in [6.45, 7) is 2.23. The van der Waals surface area contributed by atoms with Gasteiger partial charge in [0.25, 0.3) is 5.91 Å². The van der Waals surface area contributed by atoms with Crippen LogP contribution in [-0.4, -0.2) is 36.6 Å². The molecule has 0 aliphatic heterocycles. The normalized spacial score (nSPS) is 9.75. The van der Waals surface area contributed by atoms with E-state index in [9.17, 15) is 14.4 Å². The van der Waals surface area contributed by atoms with Crippen LogP contribution in [0.2, 0.25) is 0 Å². The van der Waals surface area contributed by atoms with Crippen molar-refractivity contribution in [2.24, 2.45) is 0 Å². The molecule has 0 saturated heterocycles. The van der Waals surface area contributed by atoms with E-state index < -0.39 is 11.9 Å². The molecule has 0 radical (unpaired) electrons. The van der Waals surface area contributed by atoms with Crippen molar-refractivity contribution in [1.82, 2.24) is 10.6 Å². The molecular weight excluding hydrogens is 330 g/mol. The van der Waals surface area contributed by atoms with Crippen LogP contribution in [0.15, 0.2) is 24.3 Å². The maximum atomic E-state index is 11.8. The Hall–Kier alpha value is -2.48. The molecule has 3 N–H and O–H groups in total. The SMILES string of the molecule is CCCOC(=O)CCC(=O)NC(=S)Nc1ccccc1C(=O)NC. The van der Waals surface area contributed by atoms with Crippen LogP contribution in [0.1, 0.15) is 36.5 Å². The average Bonchev–Trinajstić information content (AvgIpc) is 2.57. The number of thiocarbonyl (C=S) groups is 1. The third-order valence-electron chi connectivity index (χ3n) is 2.92. The zero-order valence-electron chi connectivity index (χ0n) is 13.7. The molecule has 130 valence electrons. The summed E-state index contributed by atoms with van der Waals surface area (Å²) in [4.78, 5) is 34.9. The number of hydrogen-bond acceptors (Lipinski definition) is 5. The van der Waals surface area contributed by atoms with Gasteiger partial charge >= 0.3 is 5.97 Å². The quantitative estimate of drug-likeness (QED) is 0.510. The molecule has 0 unspecified atom stereocenters. The number of benzene rings is 1. The minimum atomic E-state index is -0.421. The number of para-hydroxylation sites is 1. The van der Waals surface area contributed by atoms with Gasteiger partial charge in [-0.25, -0.2) is 0 Å². The van der Waals surface area contributed by atoms with Crippen LogP contribution >= 0.6 is 12.2 Å². The van der Waals surface area contributed by atoms with E-state index in [0.29, 0.717) is 17.9 Å². The third-order valence-corrected chi connectivity index (χ3v) is 3.13. The Morgan fingerprint density at radius 3 is 2.54 bits per heavy atom. The van der Waals surface area contributed by atoms with Crippen molar-refractivity contribution in [1.29, 1.82) is 0 Å². The Morgan fingerprint density at radius 1 is 1.17 bits per heavy atom. The summed E-state index contributed by atoms with van der Waals surface area (Å²) in [6, 6.07) is 6.77. The van der Waals surface area contributed by atoms with Crippen LogP contribution in [0.3, 0.4) is 0 Å². The van der Waals surface area contributed by atoms with Crippen LogP contribution in [0.25, 0.3) is 0 Å². The number of carbonyl (C=O) groups is 3. The van der Waals surface area contributed by atoms with E-state index in [2.05, 4.69) is 16.0 Å².